The van der Waals surface area contributed by atoms with E-state index in [0.29, 0.717) is 13.0 Å². The van der Waals surface area contributed by atoms with Crippen LogP contribution in [0.2, 0.25) is 0 Å². The summed E-state index contributed by atoms with van der Waals surface area (Å²) in [5.74, 6) is -9.24. The topological polar surface area (TPSA) is 44.8 Å². The van der Waals surface area contributed by atoms with Crippen LogP contribution in [0, 0.1) is 17.6 Å². The molecule has 38 heavy (non-hydrogen) atoms. The Kier molecular flexibility index (Phi) is 7.42. The van der Waals surface area contributed by atoms with Crippen LogP contribution in [0.25, 0.3) is 0 Å². The zero-order valence-electron chi connectivity index (χ0n) is 19.4. The molecule has 3 rings (SSSR count). The normalized spacial score (nSPS) is 24.4. The molecule has 0 aliphatic carbocycles. The van der Waals surface area contributed by atoms with Crippen molar-refractivity contribution in [3.8, 4) is 5.75 Å². The molecule has 0 amide bonds. The average molecular weight is 566 g/mol. The molecule has 0 N–H and O–H groups in total. The summed E-state index contributed by atoms with van der Waals surface area (Å²) in [4.78, 5) is 12.7. The van der Waals surface area contributed by atoms with Gasteiger partial charge in [0.1, 0.15) is 0 Å². The van der Waals surface area contributed by atoms with Gasteiger partial charge in [0.2, 0.25) is 12.1 Å². The lowest BCUT2D eigenvalue weighted by Crippen LogP contribution is -2.47. The van der Waals surface area contributed by atoms with Gasteiger partial charge in [0.15, 0.2) is 17.2 Å². The minimum Gasteiger partial charge on any atom is -0.493 e. The molecule has 0 spiro atoms. The molecule has 0 bridgehead atoms. The number of esters is 1. The predicted molar refractivity (Wildman–Crippen MR) is 106 cm³/mol. The first-order chi connectivity index (χ1) is 17.2. The van der Waals surface area contributed by atoms with Gasteiger partial charge in [-0.05, 0) is 31.2 Å². The smallest absolute Gasteiger partial charge is 0.417 e. The molecule has 4 atom stereocenters. The minimum atomic E-state index is -5.33. The highest BCUT2D eigenvalue weighted by molar-refractivity contribution is 5.90. The molecule has 1 heterocycles. The quantitative estimate of drug-likeness (QED) is 0.289. The first-order valence-corrected chi connectivity index (χ1v) is 10.5. The molecule has 15 heteroatoms. The van der Waals surface area contributed by atoms with Gasteiger partial charge in [0.05, 0.1) is 29.7 Å². The van der Waals surface area contributed by atoms with Crippen LogP contribution in [-0.4, -0.2) is 31.1 Å². The number of carbonyl (C=O) groups excluding carboxylic acids is 1. The summed E-state index contributed by atoms with van der Waals surface area (Å²) in [7, 11) is 0.868. The van der Waals surface area contributed by atoms with Crippen LogP contribution in [0.1, 0.15) is 46.8 Å². The van der Waals surface area contributed by atoms with E-state index < -0.39 is 87.9 Å². The maximum atomic E-state index is 14.4. The fraction of sp³-hybridized carbons (Fsp3) is 0.435. The Morgan fingerprint density at radius 3 is 1.89 bits per heavy atom. The molecular formula is C23H17F11O4. The van der Waals surface area contributed by atoms with Crippen molar-refractivity contribution in [2.45, 2.75) is 50.2 Å². The van der Waals surface area contributed by atoms with Crippen molar-refractivity contribution < 1.29 is 67.3 Å². The number of ether oxygens (including phenoxy) is 3. The lowest BCUT2D eigenvalue weighted by Gasteiger charge is -2.31. The Morgan fingerprint density at radius 2 is 1.45 bits per heavy atom. The first-order valence-electron chi connectivity index (χ1n) is 10.5. The lowest BCUT2D eigenvalue weighted by molar-refractivity contribution is -0.291. The zero-order valence-corrected chi connectivity index (χ0v) is 19.4. The molecule has 4 nitrogen and oxygen atoms in total. The molecule has 0 unspecified atom stereocenters. The van der Waals surface area contributed by atoms with Gasteiger partial charge < -0.3 is 14.2 Å². The number of carbonyl (C=O) groups is 1. The summed E-state index contributed by atoms with van der Waals surface area (Å²) in [6.45, 7) is 1.52. The van der Waals surface area contributed by atoms with Crippen LogP contribution < -0.4 is 4.74 Å². The van der Waals surface area contributed by atoms with Crippen LogP contribution in [0.3, 0.4) is 0 Å². The fourth-order valence-electron chi connectivity index (χ4n) is 4.10. The van der Waals surface area contributed by atoms with Crippen molar-refractivity contribution in [2.75, 3.05) is 7.11 Å². The van der Waals surface area contributed by atoms with Gasteiger partial charge >= 0.3 is 24.5 Å². The second-order valence-electron chi connectivity index (χ2n) is 8.59. The van der Waals surface area contributed by atoms with Gasteiger partial charge in [-0.1, -0.05) is 13.0 Å². The Hall–Kier alpha value is -3.10. The number of halogens is 11. The van der Waals surface area contributed by atoms with Gasteiger partial charge in [-0.3, -0.25) is 0 Å². The number of alkyl halides is 9. The number of hydrogen-bond acceptors (Lipinski definition) is 4. The highest BCUT2D eigenvalue weighted by atomic mass is 19.4. The monoisotopic (exact) mass is 566 g/mol. The maximum Gasteiger partial charge on any atom is 0.417 e. The van der Waals surface area contributed by atoms with Crippen molar-refractivity contribution in [1.29, 1.82) is 0 Å². The van der Waals surface area contributed by atoms with E-state index in [-0.39, 0.29) is 18.2 Å². The Bertz CT molecular complexity index is 1190. The third kappa shape index (κ3) is 5.24. The van der Waals surface area contributed by atoms with Crippen molar-refractivity contribution in [3.05, 3.63) is 64.2 Å². The van der Waals surface area contributed by atoms with Crippen LogP contribution in [0.15, 0.2) is 30.3 Å². The zero-order chi connectivity index (χ0) is 29.0. The maximum absolute atomic E-state index is 14.4. The summed E-state index contributed by atoms with van der Waals surface area (Å²) >= 11 is 0. The van der Waals surface area contributed by atoms with Crippen LogP contribution in [0.4, 0.5) is 48.3 Å². The van der Waals surface area contributed by atoms with Crippen molar-refractivity contribution in [1.82, 2.24) is 0 Å². The summed E-state index contributed by atoms with van der Waals surface area (Å²) in [6.07, 6.45) is -18.1. The van der Waals surface area contributed by atoms with Gasteiger partial charge in [-0.25, -0.2) is 9.18 Å². The van der Waals surface area contributed by atoms with Crippen molar-refractivity contribution >= 4 is 5.97 Å². The largest absolute Gasteiger partial charge is 0.493 e. The van der Waals surface area contributed by atoms with E-state index in [1.807, 2.05) is 0 Å². The van der Waals surface area contributed by atoms with E-state index in [1.54, 1.807) is 0 Å². The van der Waals surface area contributed by atoms with Gasteiger partial charge in [-0.15, -0.1) is 0 Å². The van der Waals surface area contributed by atoms with Crippen LogP contribution >= 0.6 is 0 Å². The SMILES string of the molecule is COc1c([C@H]2[C@H](OC(=O)c3cc(C(F)(F)F)cc(C(F)(F)F)c3)O[C@@](C)(C(F)(F)F)[C@H]2C)ccc(F)c1F. The summed E-state index contributed by atoms with van der Waals surface area (Å²) in [6, 6.07) is 1.15. The first kappa shape index (κ1) is 29.5. The van der Waals surface area contributed by atoms with E-state index in [0.717, 1.165) is 20.1 Å². The molecule has 1 aliphatic rings. The summed E-state index contributed by atoms with van der Waals surface area (Å²) in [5.41, 5.74) is -8.59. The Labute approximate surface area is 207 Å². The summed E-state index contributed by atoms with van der Waals surface area (Å²) in [5, 5.41) is 0. The molecular weight excluding hydrogens is 549 g/mol. The second kappa shape index (κ2) is 9.58. The second-order valence-corrected chi connectivity index (χ2v) is 8.59. The standard InChI is InChI=1S/C23H17F11O4/c1-9-15(13-4-5-14(24)16(25)17(13)36-3)19(38-20(9,2)23(32,33)34)37-18(35)10-6-11(21(26,27)28)8-12(7-10)22(29,30)31/h4-9,15,19H,1-3H3/t9-,15-,19+,20+/m0/s1. The number of hydrogen-bond donors (Lipinski definition) is 0. The molecule has 0 saturated carbocycles. The van der Waals surface area contributed by atoms with E-state index in [4.69, 9.17) is 14.2 Å². The van der Waals surface area contributed by atoms with E-state index in [1.165, 1.54) is 0 Å². The van der Waals surface area contributed by atoms with Crippen molar-refractivity contribution in [2.24, 2.45) is 5.92 Å². The molecule has 210 valence electrons. The highest BCUT2D eigenvalue weighted by Gasteiger charge is 2.65. The lowest BCUT2D eigenvalue weighted by atomic mass is 9.79. The Balaban J connectivity index is 2.12. The van der Waals surface area contributed by atoms with Crippen LogP contribution in [0.5, 0.6) is 5.75 Å². The highest BCUT2D eigenvalue weighted by Crippen LogP contribution is 2.55. The van der Waals surface area contributed by atoms with E-state index in [2.05, 4.69) is 0 Å². The third-order valence-electron chi connectivity index (χ3n) is 6.31. The molecule has 1 fully saturated rings. The number of benzene rings is 2. The van der Waals surface area contributed by atoms with Gasteiger partial charge in [0.25, 0.3) is 0 Å². The van der Waals surface area contributed by atoms with Gasteiger partial charge in [-0.2, -0.15) is 43.9 Å². The predicted octanol–water partition coefficient (Wildman–Crippen LogP) is 7.27. The minimum absolute atomic E-state index is 0.0199. The molecule has 0 aromatic heterocycles. The third-order valence-corrected chi connectivity index (χ3v) is 6.31. The average Bonchev–Trinajstić information content (AvgIpc) is 3.04. The fourth-order valence-corrected chi connectivity index (χ4v) is 4.10. The molecule has 0 radical (unpaired) electrons. The number of rotatable bonds is 4. The van der Waals surface area contributed by atoms with Crippen molar-refractivity contribution in [3.63, 3.8) is 0 Å². The van der Waals surface area contributed by atoms with E-state index >= 15 is 0 Å². The van der Waals surface area contributed by atoms with Crippen LogP contribution in [-0.2, 0) is 21.8 Å². The van der Waals surface area contributed by atoms with Gasteiger partial charge in [0, 0.05) is 11.5 Å². The molecule has 2 aromatic rings. The number of methoxy groups -OCH3 is 1. The van der Waals surface area contributed by atoms with E-state index in [9.17, 15) is 53.1 Å². The molecule has 2 aromatic carbocycles. The Morgan fingerprint density at radius 1 is 0.921 bits per heavy atom. The molecule has 1 aliphatic heterocycles. The summed E-state index contributed by atoms with van der Waals surface area (Å²) < 4.78 is 164. The molecule has 1 saturated heterocycles.